The highest BCUT2D eigenvalue weighted by molar-refractivity contribution is 7.12. The van der Waals surface area contributed by atoms with Gasteiger partial charge < -0.3 is 9.52 Å². The predicted molar refractivity (Wildman–Crippen MR) is 74.1 cm³/mol. The maximum absolute atomic E-state index is 10.5. The van der Waals surface area contributed by atoms with E-state index in [4.69, 9.17) is 4.42 Å². The number of rotatable bonds is 2. The van der Waals surface area contributed by atoms with Crippen LogP contribution in [-0.4, -0.2) is 5.11 Å². The Balaban J connectivity index is 2.16. The van der Waals surface area contributed by atoms with E-state index in [1.165, 1.54) is 4.88 Å². The first kappa shape index (κ1) is 11.5. The van der Waals surface area contributed by atoms with E-state index in [1.807, 2.05) is 50.2 Å². The number of hydrogen-bond donors (Lipinski definition) is 1. The lowest BCUT2D eigenvalue weighted by Crippen LogP contribution is -1.97. The fraction of sp³-hybridized carbons (Fsp3) is 0.200. The van der Waals surface area contributed by atoms with E-state index in [9.17, 15) is 5.11 Å². The third kappa shape index (κ3) is 1.76. The Morgan fingerprint density at radius 2 is 1.89 bits per heavy atom. The van der Waals surface area contributed by atoms with Crippen molar-refractivity contribution >= 4 is 22.3 Å². The Kier molecular flexibility index (Phi) is 2.73. The van der Waals surface area contributed by atoms with Gasteiger partial charge in [-0.3, -0.25) is 0 Å². The number of hydrogen-bond acceptors (Lipinski definition) is 3. The highest BCUT2D eigenvalue weighted by Gasteiger charge is 2.20. The minimum atomic E-state index is -0.604. The summed E-state index contributed by atoms with van der Waals surface area (Å²) in [5, 5.41) is 11.5. The van der Waals surface area contributed by atoms with Crippen LogP contribution in [0.25, 0.3) is 11.0 Å². The smallest absolute Gasteiger partial charge is 0.134 e. The van der Waals surface area contributed by atoms with Crippen LogP contribution in [-0.2, 0) is 0 Å². The number of benzene rings is 1. The first-order chi connectivity index (χ1) is 8.66. The van der Waals surface area contributed by atoms with Crippen molar-refractivity contribution in [1.29, 1.82) is 0 Å². The third-order valence-corrected chi connectivity index (χ3v) is 4.18. The second-order valence-electron chi connectivity index (χ2n) is 4.42. The number of para-hydroxylation sites is 1. The van der Waals surface area contributed by atoms with Gasteiger partial charge in [0.25, 0.3) is 0 Å². The van der Waals surface area contributed by atoms with E-state index in [0.29, 0.717) is 0 Å². The van der Waals surface area contributed by atoms with Gasteiger partial charge in [-0.1, -0.05) is 18.2 Å². The molecule has 92 valence electrons. The minimum absolute atomic E-state index is 0.604. The number of aryl methyl sites for hydroxylation is 2. The third-order valence-electron chi connectivity index (χ3n) is 3.12. The van der Waals surface area contributed by atoms with Gasteiger partial charge in [-0.05, 0) is 32.0 Å². The monoisotopic (exact) mass is 258 g/mol. The molecule has 0 saturated heterocycles. The van der Waals surface area contributed by atoms with Gasteiger partial charge in [-0.25, -0.2) is 0 Å². The van der Waals surface area contributed by atoms with Crippen molar-refractivity contribution < 1.29 is 9.52 Å². The van der Waals surface area contributed by atoms with Gasteiger partial charge in [0.1, 0.15) is 17.4 Å². The van der Waals surface area contributed by atoms with Crippen molar-refractivity contribution in [2.24, 2.45) is 0 Å². The molecular weight excluding hydrogens is 244 g/mol. The number of thiophene rings is 1. The molecule has 0 aliphatic rings. The Labute approximate surface area is 109 Å². The van der Waals surface area contributed by atoms with Crippen LogP contribution in [0.4, 0.5) is 0 Å². The Bertz CT molecular complexity index is 693. The molecule has 2 aromatic heterocycles. The number of fused-ring (bicyclic) bond motifs is 1. The zero-order valence-electron chi connectivity index (χ0n) is 10.3. The molecule has 1 N–H and O–H groups in total. The molecule has 3 aromatic rings. The van der Waals surface area contributed by atoms with Crippen LogP contribution in [0.2, 0.25) is 0 Å². The zero-order valence-corrected chi connectivity index (χ0v) is 11.1. The summed E-state index contributed by atoms with van der Waals surface area (Å²) < 4.78 is 5.69. The van der Waals surface area contributed by atoms with Crippen LogP contribution >= 0.6 is 11.3 Å². The van der Waals surface area contributed by atoms with Crippen molar-refractivity contribution in [3.05, 3.63) is 57.5 Å². The van der Waals surface area contributed by atoms with E-state index in [0.717, 1.165) is 27.2 Å². The summed E-state index contributed by atoms with van der Waals surface area (Å²) in [6, 6.07) is 11.8. The summed E-state index contributed by atoms with van der Waals surface area (Å²) in [7, 11) is 0. The molecule has 0 spiro atoms. The molecule has 18 heavy (non-hydrogen) atoms. The van der Waals surface area contributed by atoms with Gasteiger partial charge in [0, 0.05) is 20.7 Å². The van der Waals surface area contributed by atoms with Crippen molar-refractivity contribution in [2.75, 3.05) is 0 Å². The van der Waals surface area contributed by atoms with Gasteiger partial charge in [0.2, 0.25) is 0 Å². The first-order valence-electron chi connectivity index (χ1n) is 5.89. The Morgan fingerprint density at radius 3 is 2.61 bits per heavy atom. The summed E-state index contributed by atoms with van der Waals surface area (Å²) >= 11 is 1.62. The molecule has 1 atom stereocenters. The summed E-state index contributed by atoms with van der Waals surface area (Å²) in [4.78, 5) is 2.16. The second-order valence-corrected chi connectivity index (χ2v) is 5.74. The molecule has 0 aliphatic heterocycles. The van der Waals surface area contributed by atoms with Crippen LogP contribution < -0.4 is 0 Å². The largest absolute Gasteiger partial charge is 0.461 e. The Hall–Kier alpha value is -1.58. The standard InChI is InChI=1S/C15H14O2S/c1-9-7-8-13(18-9)15(16)14-10(2)17-12-6-4-3-5-11(12)14/h3-8,15-16H,1-2H3. The number of furan rings is 1. The zero-order chi connectivity index (χ0) is 12.7. The van der Waals surface area contributed by atoms with E-state index in [1.54, 1.807) is 11.3 Å². The van der Waals surface area contributed by atoms with Gasteiger partial charge in [-0.15, -0.1) is 11.3 Å². The number of aliphatic hydroxyl groups is 1. The molecule has 2 nitrogen and oxygen atoms in total. The molecule has 1 aromatic carbocycles. The van der Waals surface area contributed by atoms with E-state index in [-0.39, 0.29) is 0 Å². The molecule has 1 unspecified atom stereocenters. The van der Waals surface area contributed by atoms with E-state index < -0.39 is 6.10 Å². The lowest BCUT2D eigenvalue weighted by atomic mass is 10.0. The highest BCUT2D eigenvalue weighted by atomic mass is 32.1. The molecule has 3 heteroatoms. The van der Waals surface area contributed by atoms with Crippen molar-refractivity contribution in [3.8, 4) is 0 Å². The van der Waals surface area contributed by atoms with Gasteiger partial charge in [0.05, 0.1) is 0 Å². The molecule has 0 radical (unpaired) electrons. The topological polar surface area (TPSA) is 33.4 Å². The molecule has 3 rings (SSSR count). The van der Waals surface area contributed by atoms with Crippen molar-refractivity contribution in [1.82, 2.24) is 0 Å². The lowest BCUT2D eigenvalue weighted by Gasteiger charge is -2.07. The van der Waals surface area contributed by atoms with Gasteiger partial charge >= 0.3 is 0 Å². The van der Waals surface area contributed by atoms with Crippen molar-refractivity contribution in [3.63, 3.8) is 0 Å². The fourth-order valence-corrected chi connectivity index (χ4v) is 3.14. The van der Waals surface area contributed by atoms with E-state index >= 15 is 0 Å². The fourth-order valence-electron chi connectivity index (χ4n) is 2.27. The minimum Gasteiger partial charge on any atom is -0.461 e. The lowest BCUT2D eigenvalue weighted by molar-refractivity contribution is 0.223. The molecule has 2 heterocycles. The van der Waals surface area contributed by atoms with Crippen LogP contribution in [0.5, 0.6) is 0 Å². The summed E-state index contributed by atoms with van der Waals surface area (Å²) in [6.07, 6.45) is -0.604. The molecule has 0 amide bonds. The van der Waals surface area contributed by atoms with Crippen LogP contribution in [0.3, 0.4) is 0 Å². The van der Waals surface area contributed by atoms with Gasteiger partial charge in [-0.2, -0.15) is 0 Å². The summed E-state index contributed by atoms with van der Waals surface area (Å²) in [5.41, 5.74) is 1.71. The van der Waals surface area contributed by atoms with Crippen LogP contribution in [0, 0.1) is 13.8 Å². The molecule has 0 aliphatic carbocycles. The quantitative estimate of drug-likeness (QED) is 0.747. The molecule has 0 saturated carbocycles. The Morgan fingerprint density at radius 1 is 1.11 bits per heavy atom. The number of aliphatic hydroxyl groups excluding tert-OH is 1. The second kappa shape index (κ2) is 4.26. The van der Waals surface area contributed by atoms with Crippen molar-refractivity contribution in [2.45, 2.75) is 20.0 Å². The summed E-state index contributed by atoms with van der Waals surface area (Å²) in [6.45, 7) is 3.94. The average Bonchev–Trinajstić information content (AvgIpc) is 2.91. The molecule has 0 bridgehead atoms. The highest BCUT2D eigenvalue weighted by Crippen LogP contribution is 2.36. The SMILES string of the molecule is Cc1ccc(C(O)c2c(C)oc3ccccc23)s1. The molecule has 0 fully saturated rings. The first-order valence-corrected chi connectivity index (χ1v) is 6.71. The summed E-state index contributed by atoms with van der Waals surface area (Å²) in [5.74, 6) is 0.787. The normalized spacial score (nSPS) is 13.1. The van der Waals surface area contributed by atoms with Gasteiger partial charge in [0.15, 0.2) is 0 Å². The average molecular weight is 258 g/mol. The van der Waals surface area contributed by atoms with Crippen LogP contribution in [0.1, 0.15) is 27.2 Å². The molecular formula is C15H14O2S. The predicted octanol–water partition coefficient (Wildman–Crippen LogP) is 4.19. The van der Waals surface area contributed by atoms with Crippen LogP contribution in [0.15, 0.2) is 40.8 Å². The van der Waals surface area contributed by atoms with E-state index in [2.05, 4.69) is 0 Å². The maximum Gasteiger partial charge on any atom is 0.134 e. The maximum atomic E-state index is 10.5.